The number of carbonyl (C=O) groups excluding carboxylic acids is 2. The highest BCUT2D eigenvalue weighted by molar-refractivity contribution is 6.30. The molecule has 1 aliphatic heterocycles. The van der Waals surface area contributed by atoms with Gasteiger partial charge in [-0.1, -0.05) is 35.9 Å². The number of ether oxygens (including phenoxy) is 5. The van der Waals surface area contributed by atoms with Crippen molar-refractivity contribution in [3.05, 3.63) is 52.1 Å². The van der Waals surface area contributed by atoms with Crippen molar-refractivity contribution in [2.24, 2.45) is 0 Å². The Hall–Kier alpha value is -2.19. The van der Waals surface area contributed by atoms with Gasteiger partial charge >= 0.3 is 17.9 Å². The molecular formula is C18H19ClO7. The van der Waals surface area contributed by atoms with Gasteiger partial charge in [0.05, 0.1) is 19.8 Å². The molecule has 8 heteroatoms. The molecule has 1 aromatic rings. The van der Waals surface area contributed by atoms with Crippen molar-refractivity contribution in [3.63, 3.8) is 0 Å². The predicted molar refractivity (Wildman–Crippen MR) is 93.2 cm³/mol. The number of methoxy groups -OCH3 is 4. The maximum Gasteiger partial charge on any atom is 0.342 e. The highest BCUT2D eigenvalue weighted by Crippen LogP contribution is 2.39. The lowest BCUT2D eigenvalue weighted by Crippen LogP contribution is -2.40. The monoisotopic (exact) mass is 382 g/mol. The Balaban J connectivity index is 2.50. The first kappa shape index (κ1) is 20.1. The van der Waals surface area contributed by atoms with Crippen LogP contribution in [0, 0.1) is 0 Å². The zero-order chi connectivity index (χ0) is 19.3. The molecule has 1 unspecified atom stereocenters. The Bertz CT molecular complexity index is 732. The second-order valence-electron chi connectivity index (χ2n) is 5.19. The third kappa shape index (κ3) is 3.81. The summed E-state index contributed by atoms with van der Waals surface area (Å²) in [4.78, 5) is 24.6. The lowest BCUT2D eigenvalue weighted by molar-refractivity contribution is -0.331. The van der Waals surface area contributed by atoms with Crippen LogP contribution in [0.4, 0.5) is 0 Å². The van der Waals surface area contributed by atoms with Crippen molar-refractivity contribution in [1.29, 1.82) is 0 Å². The molecular weight excluding hydrogens is 364 g/mol. The first-order valence-corrected chi connectivity index (χ1v) is 7.93. The van der Waals surface area contributed by atoms with Crippen LogP contribution in [-0.4, -0.2) is 52.5 Å². The summed E-state index contributed by atoms with van der Waals surface area (Å²) in [5.74, 6) is -3.46. The standard InChI is InChI=1S/C18H19ClO7/c1-22-16(20)14-13(10-7-11-5-8-12(19)9-6-11)26-18(24-3,25-4)15(14)17(21)23-2/h5-10,13H,1-4H3/b10-7+. The Kier molecular flexibility index (Phi) is 6.55. The van der Waals surface area contributed by atoms with E-state index in [0.29, 0.717) is 5.02 Å². The van der Waals surface area contributed by atoms with Gasteiger partial charge in [0.15, 0.2) is 0 Å². The van der Waals surface area contributed by atoms with Gasteiger partial charge in [-0.15, -0.1) is 0 Å². The average Bonchev–Trinajstić information content (AvgIpc) is 3.01. The molecule has 0 bridgehead atoms. The molecule has 0 aliphatic carbocycles. The van der Waals surface area contributed by atoms with Gasteiger partial charge in [-0.05, 0) is 17.7 Å². The number of rotatable bonds is 6. The topological polar surface area (TPSA) is 80.3 Å². The fraction of sp³-hybridized carbons (Fsp3) is 0.333. The summed E-state index contributed by atoms with van der Waals surface area (Å²) in [6, 6.07) is 7.03. The van der Waals surface area contributed by atoms with Gasteiger partial charge in [0.2, 0.25) is 0 Å². The summed E-state index contributed by atoms with van der Waals surface area (Å²) in [5.41, 5.74) is 0.546. The van der Waals surface area contributed by atoms with Crippen LogP contribution in [-0.2, 0) is 33.3 Å². The third-order valence-corrected chi connectivity index (χ3v) is 4.06. The summed E-state index contributed by atoms with van der Waals surface area (Å²) in [6.45, 7) is 0. The summed E-state index contributed by atoms with van der Waals surface area (Å²) < 4.78 is 25.8. The second-order valence-corrected chi connectivity index (χ2v) is 5.62. The number of hydrogen-bond acceptors (Lipinski definition) is 7. The number of hydrogen-bond donors (Lipinski definition) is 0. The molecule has 2 rings (SSSR count). The zero-order valence-corrected chi connectivity index (χ0v) is 15.5. The largest absolute Gasteiger partial charge is 0.466 e. The SMILES string of the molecule is COC(=O)C1=C(C(=O)OC)C(OC)(OC)OC1/C=C/c1ccc(Cl)cc1. The van der Waals surface area contributed by atoms with E-state index >= 15 is 0 Å². The molecule has 0 amide bonds. The maximum atomic E-state index is 12.3. The smallest absolute Gasteiger partial charge is 0.342 e. The molecule has 0 radical (unpaired) electrons. The molecule has 1 atom stereocenters. The van der Waals surface area contributed by atoms with Gasteiger partial charge in [0.1, 0.15) is 11.7 Å². The van der Waals surface area contributed by atoms with E-state index in [0.717, 1.165) is 5.56 Å². The number of carbonyl (C=O) groups is 2. The molecule has 0 saturated heterocycles. The van der Waals surface area contributed by atoms with E-state index in [9.17, 15) is 9.59 Å². The number of benzene rings is 1. The molecule has 0 aromatic heterocycles. The van der Waals surface area contributed by atoms with Gasteiger partial charge in [-0.25, -0.2) is 9.59 Å². The van der Waals surface area contributed by atoms with Crippen molar-refractivity contribution in [1.82, 2.24) is 0 Å². The van der Waals surface area contributed by atoms with Crippen molar-refractivity contribution >= 4 is 29.6 Å². The minimum absolute atomic E-state index is 0.0618. The lowest BCUT2D eigenvalue weighted by atomic mass is 10.0. The first-order chi connectivity index (χ1) is 12.4. The van der Waals surface area contributed by atoms with Crippen molar-refractivity contribution < 1.29 is 33.3 Å². The van der Waals surface area contributed by atoms with Crippen LogP contribution in [0.2, 0.25) is 5.02 Å². The molecule has 140 valence electrons. The first-order valence-electron chi connectivity index (χ1n) is 7.55. The van der Waals surface area contributed by atoms with Crippen LogP contribution in [0.25, 0.3) is 6.08 Å². The van der Waals surface area contributed by atoms with E-state index in [1.54, 1.807) is 36.4 Å². The quantitative estimate of drug-likeness (QED) is 0.551. The molecule has 7 nitrogen and oxygen atoms in total. The fourth-order valence-corrected chi connectivity index (χ4v) is 2.67. The van der Waals surface area contributed by atoms with Crippen LogP contribution in [0.5, 0.6) is 0 Å². The van der Waals surface area contributed by atoms with Crippen molar-refractivity contribution in [3.8, 4) is 0 Å². The zero-order valence-electron chi connectivity index (χ0n) is 14.8. The van der Waals surface area contributed by atoms with E-state index in [2.05, 4.69) is 0 Å². The Labute approximate surface area is 156 Å². The summed E-state index contributed by atoms with van der Waals surface area (Å²) in [6.07, 6.45) is 2.34. The van der Waals surface area contributed by atoms with Gasteiger partial charge < -0.3 is 23.7 Å². The van der Waals surface area contributed by atoms with E-state index in [1.165, 1.54) is 28.4 Å². The minimum atomic E-state index is -1.88. The highest BCUT2D eigenvalue weighted by atomic mass is 35.5. The molecule has 0 saturated carbocycles. The molecule has 1 aromatic carbocycles. The normalized spacial score (nSPS) is 19.0. The Morgan fingerprint density at radius 1 is 1.04 bits per heavy atom. The lowest BCUT2D eigenvalue weighted by Gasteiger charge is -2.27. The molecule has 0 spiro atoms. The average molecular weight is 383 g/mol. The predicted octanol–water partition coefficient (Wildman–Crippen LogP) is 2.34. The molecule has 0 fully saturated rings. The van der Waals surface area contributed by atoms with Gasteiger partial charge in [-0.3, -0.25) is 0 Å². The van der Waals surface area contributed by atoms with Crippen LogP contribution in [0.3, 0.4) is 0 Å². The molecule has 0 N–H and O–H groups in total. The van der Waals surface area contributed by atoms with Crippen LogP contribution >= 0.6 is 11.6 Å². The third-order valence-electron chi connectivity index (χ3n) is 3.81. The van der Waals surface area contributed by atoms with Crippen LogP contribution in [0.1, 0.15) is 5.56 Å². The van der Waals surface area contributed by atoms with Gasteiger partial charge in [0, 0.05) is 19.2 Å². The summed E-state index contributed by atoms with van der Waals surface area (Å²) >= 11 is 5.87. The van der Waals surface area contributed by atoms with Gasteiger partial charge in [0.25, 0.3) is 0 Å². The summed E-state index contributed by atoms with van der Waals surface area (Å²) in [7, 11) is 4.94. The maximum absolute atomic E-state index is 12.3. The number of halogens is 1. The van der Waals surface area contributed by atoms with E-state index in [-0.39, 0.29) is 11.1 Å². The molecule has 1 aliphatic rings. The minimum Gasteiger partial charge on any atom is -0.466 e. The van der Waals surface area contributed by atoms with Crippen molar-refractivity contribution in [2.45, 2.75) is 12.1 Å². The van der Waals surface area contributed by atoms with Gasteiger partial charge in [-0.2, -0.15) is 0 Å². The molecule has 26 heavy (non-hydrogen) atoms. The van der Waals surface area contributed by atoms with E-state index in [1.807, 2.05) is 0 Å². The molecule has 1 heterocycles. The Morgan fingerprint density at radius 3 is 2.12 bits per heavy atom. The van der Waals surface area contributed by atoms with Crippen molar-refractivity contribution in [2.75, 3.05) is 28.4 Å². The summed E-state index contributed by atoms with van der Waals surface area (Å²) in [5, 5.41) is 0.597. The number of esters is 2. The Morgan fingerprint density at radius 2 is 1.62 bits per heavy atom. The van der Waals surface area contributed by atoms with E-state index < -0.39 is 24.0 Å². The van der Waals surface area contributed by atoms with E-state index in [4.69, 9.17) is 35.3 Å². The fourth-order valence-electron chi connectivity index (χ4n) is 2.55. The van der Waals surface area contributed by atoms with Crippen LogP contribution < -0.4 is 0 Å². The highest BCUT2D eigenvalue weighted by Gasteiger charge is 2.54. The van der Waals surface area contributed by atoms with Crippen LogP contribution in [0.15, 0.2) is 41.5 Å². The second kappa shape index (κ2) is 8.46.